The van der Waals surface area contributed by atoms with Gasteiger partial charge in [0, 0.05) is 18.7 Å². The first-order valence-electron chi connectivity index (χ1n) is 6.29. The number of benzene rings is 1. The highest BCUT2D eigenvalue weighted by Crippen LogP contribution is 2.22. The fourth-order valence-corrected chi connectivity index (χ4v) is 1.93. The summed E-state index contributed by atoms with van der Waals surface area (Å²) in [6.07, 6.45) is 0. The number of aromatic nitrogens is 2. The average Bonchev–Trinajstić information content (AvgIpc) is 2.89. The second kappa shape index (κ2) is 5.12. The molecule has 1 N–H and O–H groups in total. The van der Waals surface area contributed by atoms with Crippen molar-refractivity contribution in [3.63, 3.8) is 0 Å². The van der Waals surface area contributed by atoms with Crippen molar-refractivity contribution in [3.05, 3.63) is 35.5 Å². The zero-order chi connectivity index (χ0) is 15.0. The van der Waals surface area contributed by atoms with Crippen molar-refractivity contribution >= 4 is 0 Å². The maximum Gasteiger partial charge on any atom is 0.252 e. The Balaban J connectivity index is 1.75. The van der Waals surface area contributed by atoms with E-state index in [-0.39, 0.29) is 29.5 Å². The largest absolute Gasteiger partial charge is 0.363 e. The van der Waals surface area contributed by atoms with Crippen LogP contribution in [-0.2, 0) is 11.3 Å². The van der Waals surface area contributed by atoms with Crippen LogP contribution in [0.5, 0.6) is 0 Å². The average molecular weight is 299 g/mol. The monoisotopic (exact) mass is 299 g/mol. The Bertz CT molecular complexity index is 647. The minimum absolute atomic E-state index is 0.00192. The SMILES string of the molecule is CC1(OCc2nc(-c3cc(F)c(F)c(F)c3)no2)CNC1. The fraction of sp³-hybridized carbons (Fsp3) is 0.385. The molecule has 0 atom stereocenters. The molecule has 1 saturated heterocycles. The summed E-state index contributed by atoms with van der Waals surface area (Å²) in [5.41, 5.74) is -0.277. The minimum Gasteiger partial charge on any atom is -0.363 e. The van der Waals surface area contributed by atoms with Crippen molar-refractivity contribution in [1.29, 1.82) is 0 Å². The van der Waals surface area contributed by atoms with E-state index >= 15 is 0 Å². The van der Waals surface area contributed by atoms with E-state index in [1.165, 1.54) is 0 Å². The van der Waals surface area contributed by atoms with Gasteiger partial charge in [-0.1, -0.05) is 5.16 Å². The molecule has 0 radical (unpaired) electrons. The highest BCUT2D eigenvalue weighted by molar-refractivity contribution is 5.54. The normalized spacial score (nSPS) is 16.8. The van der Waals surface area contributed by atoms with Gasteiger partial charge in [-0.15, -0.1) is 0 Å². The summed E-state index contributed by atoms with van der Waals surface area (Å²) < 4.78 is 49.8. The Hall–Kier alpha value is -1.93. The Labute approximate surface area is 118 Å². The van der Waals surface area contributed by atoms with E-state index in [1.54, 1.807) is 0 Å². The number of halogens is 3. The summed E-state index contributed by atoms with van der Waals surface area (Å²) in [7, 11) is 0. The van der Waals surface area contributed by atoms with Gasteiger partial charge >= 0.3 is 0 Å². The molecule has 112 valence electrons. The van der Waals surface area contributed by atoms with Gasteiger partial charge in [-0.25, -0.2) is 13.2 Å². The van der Waals surface area contributed by atoms with Gasteiger partial charge in [-0.05, 0) is 19.1 Å². The van der Waals surface area contributed by atoms with Gasteiger partial charge in [0.15, 0.2) is 17.5 Å². The molecule has 2 heterocycles. The van der Waals surface area contributed by atoms with Crippen molar-refractivity contribution < 1.29 is 22.4 Å². The van der Waals surface area contributed by atoms with Crippen LogP contribution >= 0.6 is 0 Å². The van der Waals surface area contributed by atoms with Crippen LogP contribution in [-0.4, -0.2) is 28.8 Å². The zero-order valence-electron chi connectivity index (χ0n) is 11.1. The second-order valence-corrected chi connectivity index (χ2v) is 5.11. The summed E-state index contributed by atoms with van der Waals surface area (Å²) in [5.74, 6) is -3.98. The summed E-state index contributed by atoms with van der Waals surface area (Å²) in [4.78, 5) is 3.97. The molecule has 5 nitrogen and oxygen atoms in total. The third kappa shape index (κ3) is 2.77. The smallest absolute Gasteiger partial charge is 0.252 e. The van der Waals surface area contributed by atoms with Crippen molar-refractivity contribution in [3.8, 4) is 11.4 Å². The van der Waals surface area contributed by atoms with E-state index < -0.39 is 17.5 Å². The Morgan fingerprint density at radius 3 is 2.52 bits per heavy atom. The predicted molar refractivity (Wildman–Crippen MR) is 65.7 cm³/mol. The summed E-state index contributed by atoms with van der Waals surface area (Å²) in [6, 6.07) is 1.62. The lowest BCUT2D eigenvalue weighted by atomic mass is 10.0. The van der Waals surface area contributed by atoms with Crippen LogP contribution in [0.2, 0.25) is 0 Å². The van der Waals surface area contributed by atoms with Gasteiger partial charge in [-0.2, -0.15) is 4.98 Å². The van der Waals surface area contributed by atoms with Gasteiger partial charge in [0.05, 0.1) is 5.60 Å². The van der Waals surface area contributed by atoms with Crippen molar-refractivity contribution in [1.82, 2.24) is 15.5 Å². The van der Waals surface area contributed by atoms with Crippen LogP contribution in [0.1, 0.15) is 12.8 Å². The number of hydrogen-bond acceptors (Lipinski definition) is 5. The zero-order valence-corrected chi connectivity index (χ0v) is 11.1. The molecule has 0 bridgehead atoms. The second-order valence-electron chi connectivity index (χ2n) is 5.11. The Kier molecular flexibility index (Phi) is 3.42. The fourth-order valence-electron chi connectivity index (χ4n) is 1.93. The van der Waals surface area contributed by atoms with Gasteiger partial charge in [0.1, 0.15) is 6.61 Å². The van der Waals surface area contributed by atoms with Gasteiger partial charge in [-0.3, -0.25) is 0 Å². The minimum atomic E-state index is -1.53. The van der Waals surface area contributed by atoms with Gasteiger partial charge in [0.2, 0.25) is 5.82 Å². The molecule has 1 aromatic carbocycles. The Morgan fingerprint density at radius 2 is 1.95 bits per heavy atom. The molecule has 21 heavy (non-hydrogen) atoms. The molecule has 1 aliphatic rings. The van der Waals surface area contributed by atoms with E-state index in [1.807, 2.05) is 6.92 Å². The maximum absolute atomic E-state index is 13.2. The van der Waals surface area contributed by atoms with Gasteiger partial charge in [0.25, 0.3) is 5.89 Å². The van der Waals surface area contributed by atoms with Gasteiger partial charge < -0.3 is 14.6 Å². The third-order valence-corrected chi connectivity index (χ3v) is 3.25. The molecule has 3 rings (SSSR count). The summed E-state index contributed by atoms with van der Waals surface area (Å²) >= 11 is 0. The van der Waals surface area contributed by atoms with Crippen LogP contribution in [0.3, 0.4) is 0 Å². The molecule has 8 heteroatoms. The standard InChI is InChI=1S/C13H12F3N3O2/c1-13(5-17-6-13)20-4-10-18-12(19-21-10)7-2-8(14)11(16)9(15)3-7/h2-3,17H,4-6H2,1H3. The molecule has 0 unspecified atom stereocenters. The molecule has 1 fully saturated rings. The number of hydrogen-bond donors (Lipinski definition) is 1. The third-order valence-electron chi connectivity index (χ3n) is 3.25. The molecule has 0 aliphatic carbocycles. The van der Waals surface area contributed by atoms with E-state index in [2.05, 4.69) is 15.5 Å². The first-order chi connectivity index (χ1) is 9.97. The summed E-state index contributed by atoms with van der Waals surface area (Å²) in [5, 5.41) is 6.68. The lowest BCUT2D eigenvalue weighted by Gasteiger charge is -2.38. The van der Waals surface area contributed by atoms with E-state index in [4.69, 9.17) is 9.26 Å². The lowest BCUT2D eigenvalue weighted by Crippen LogP contribution is -2.58. The molecule has 0 spiro atoms. The van der Waals surface area contributed by atoms with Crippen LogP contribution in [0, 0.1) is 17.5 Å². The number of nitrogens with zero attached hydrogens (tertiary/aromatic N) is 2. The first-order valence-corrected chi connectivity index (χ1v) is 6.29. The molecular weight excluding hydrogens is 287 g/mol. The lowest BCUT2D eigenvalue weighted by molar-refractivity contribution is -0.0841. The van der Waals surface area contributed by atoms with Crippen LogP contribution < -0.4 is 5.32 Å². The quantitative estimate of drug-likeness (QED) is 0.875. The van der Waals surface area contributed by atoms with Crippen molar-refractivity contribution in [2.24, 2.45) is 0 Å². The molecular formula is C13H12F3N3O2. The molecule has 0 saturated carbocycles. The van der Waals surface area contributed by atoms with Crippen molar-refractivity contribution in [2.75, 3.05) is 13.1 Å². The predicted octanol–water partition coefficient (Wildman–Crippen LogP) is 2.03. The molecule has 0 amide bonds. The highest BCUT2D eigenvalue weighted by Gasteiger charge is 2.33. The Morgan fingerprint density at radius 1 is 1.29 bits per heavy atom. The maximum atomic E-state index is 13.2. The van der Waals surface area contributed by atoms with E-state index in [0.29, 0.717) is 0 Å². The molecule has 1 aliphatic heterocycles. The van der Waals surface area contributed by atoms with Crippen molar-refractivity contribution in [2.45, 2.75) is 19.1 Å². The van der Waals surface area contributed by atoms with Crippen LogP contribution in [0.25, 0.3) is 11.4 Å². The van der Waals surface area contributed by atoms with Crippen LogP contribution in [0.15, 0.2) is 16.7 Å². The highest BCUT2D eigenvalue weighted by atomic mass is 19.2. The number of rotatable bonds is 4. The number of nitrogens with one attached hydrogen (secondary N) is 1. The van der Waals surface area contributed by atoms with E-state index in [0.717, 1.165) is 25.2 Å². The van der Waals surface area contributed by atoms with Crippen LogP contribution in [0.4, 0.5) is 13.2 Å². The summed E-state index contributed by atoms with van der Waals surface area (Å²) in [6.45, 7) is 3.48. The molecule has 2 aromatic rings. The molecule has 1 aromatic heterocycles. The topological polar surface area (TPSA) is 60.2 Å². The van der Waals surface area contributed by atoms with E-state index in [9.17, 15) is 13.2 Å². The number of ether oxygens (including phenoxy) is 1. The first kappa shape index (κ1) is 14.0.